The fourth-order valence-corrected chi connectivity index (χ4v) is 6.08. The SMILES string of the molecule is OCC1CC2CC3COCC4C(CO)C1C2C34. The van der Waals surface area contributed by atoms with E-state index in [4.69, 9.17) is 4.74 Å². The van der Waals surface area contributed by atoms with Crippen LogP contribution in [0.2, 0.25) is 0 Å². The van der Waals surface area contributed by atoms with E-state index in [2.05, 4.69) is 0 Å². The molecule has 1 saturated heterocycles. The highest BCUT2D eigenvalue weighted by atomic mass is 16.5. The molecule has 96 valence electrons. The van der Waals surface area contributed by atoms with E-state index in [0.717, 1.165) is 36.9 Å². The van der Waals surface area contributed by atoms with Crippen LogP contribution in [0.1, 0.15) is 12.8 Å². The van der Waals surface area contributed by atoms with Crippen LogP contribution in [0.4, 0.5) is 0 Å². The summed E-state index contributed by atoms with van der Waals surface area (Å²) < 4.78 is 5.77. The lowest BCUT2D eigenvalue weighted by Gasteiger charge is -2.33. The van der Waals surface area contributed by atoms with Crippen LogP contribution in [-0.4, -0.2) is 36.6 Å². The molecule has 1 heterocycles. The van der Waals surface area contributed by atoms with Crippen molar-refractivity contribution in [3.63, 3.8) is 0 Å². The second kappa shape index (κ2) is 3.69. The first-order chi connectivity index (χ1) is 8.35. The summed E-state index contributed by atoms with van der Waals surface area (Å²) in [7, 11) is 0. The second-order valence-corrected chi connectivity index (χ2v) is 6.71. The molecule has 4 aliphatic rings. The molecule has 1 aliphatic heterocycles. The first kappa shape index (κ1) is 10.8. The third kappa shape index (κ3) is 1.23. The highest BCUT2D eigenvalue weighted by Gasteiger charge is 2.64. The van der Waals surface area contributed by atoms with Gasteiger partial charge in [-0.3, -0.25) is 0 Å². The number of ether oxygens (including phenoxy) is 1. The molecule has 0 aromatic rings. The molecule has 0 amide bonds. The Morgan fingerprint density at radius 3 is 2.53 bits per heavy atom. The number of hydrogen-bond donors (Lipinski definition) is 2. The number of rotatable bonds is 2. The van der Waals surface area contributed by atoms with E-state index in [9.17, 15) is 10.2 Å². The molecule has 3 aliphatic carbocycles. The molecule has 0 radical (unpaired) electrons. The van der Waals surface area contributed by atoms with E-state index in [0.29, 0.717) is 36.9 Å². The molecule has 4 fully saturated rings. The first-order valence-corrected chi connectivity index (χ1v) is 7.14. The highest BCUT2D eigenvalue weighted by Crippen LogP contribution is 2.67. The number of aliphatic hydroxyl groups is 2. The van der Waals surface area contributed by atoms with Gasteiger partial charge in [0, 0.05) is 19.8 Å². The normalized spacial score (nSPS) is 59.6. The molecule has 8 unspecified atom stereocenters. The summed E-state index contributed by atoms with van der Waals surface area (Å²) in [5.74, 6) is 5.17. The van der Waals surface area contributed by atoms with Gasteiger partial charge in [0.15, 0.2) is 0 Å². The van der Waals surface area contributed by atoms with Crippen molar-refractivity contribution in [3.05, 3.63) is 0 Å². The first-order valence-electron chi connectivity index (χ1n) is 7.14. The topological polar surface area (TPSA) is 49.7 Å². The smallest absolute Gasteiger partial charge is 0.0500 e. The van der Waals surface area contributed by atoms with Crippen molar-refractivity contribution in [1.82, 2.24) is 0 Å². The average molecular weight is 238 g/mol. The number of hydrogen-bond acceptors (Lipinski definition) is 3. The quantitative estimate of drug-likeness (QED) is 0.746. The van der Waals surface area contributed by atoms with Crippen LogP contribution in [0.3, 0.4) is 0 Å². The van der Waals surface area contributed by atoms with E-state index < -0.39 is 0 Å². The van der Waals surface area contributed by atoms with Crippen molar-refractivity contribution in [1.29, 1.82) is 0 Å². The van der Waals surface area contributed by atoms with Crippen molar-refractivity contribution in [2.75, 3.05) is 26.4 Å². The molecule has 2 N–H and O–H groups in total. The van der Waals surface area contributed by atoms with Crippen LogP contribution in [0.15, 0.2) is 0 Å². The standard InChI is InChI=1S/C14H22O3/c15-3-8-1-7-2-9-5-17-6-11-10(4-16)12(8)14(7)13(9)11/h7-16H,1-6H2. The summed E-state index contributed by atoms with van der Waals surface area (Å²) in [6.45, 7) is 2.41. The lowest BCUT2D eigenvalue weighted by molar-refractivity contribution is -0.0322. The molecule has 0 aromatic carbocycles. The molecular weight excluding hydrogens is 216 g/mol. The molecule has 3 heteroatoms. The van der Waals surface area contributed by atoms with Gasteiger partial charge in [-0.2, -0.15) is 0 Å². The van der Waals surface area contributed by atoms with Gasteiger partial charge in [-0.25, -0.2) is 0 Å². The minimum atomic E-state index is 0.293. The van der Waals surface area contributed by atoms with Gasteiger partial charge < -0.3 is 14.9 Å². The van der Waals surface area contributed by atoms with Crippen molar-refractivity contribution < 1.29 is 14.9 Å². The van der Waals surface area contributed by atoms with E-state index >= 15 is 0 Å². The van der Waals surface area contributed by atoms with Crippen LogP contribution in [0.5, 0.6) is 0 Å². The van der Waals surface area contributed by atoms with Crippen LogP contribution in [0.25, 0.3) is 0 Å². The van der Waals surface area contributed by atoms with Crippen LogP contribution < -0.4 is 0 Å². The van der Waals surface area contributed by atoms with E-state index in [1.807, 2.05) is 0 Å². The summed E-state index contributed by atoms with van der Waals surface area (Å²) >= 11 is 0. The zero-order valence-corrected chi connectivity index (χ0v) is 10.2. The Morgan fingerprint density at radius 2 is 1.76 bits per heavy atom. The summed E-state index contributed by atoms with van der Waals surface area (Å²) in [6, 6.07) is 0. The third-order valence-corrected chi connectivity index (χ3v) is 6.36. The Bertz CT molecular complexity index is 319. The zero-order chi connectivity index (χ0) is 11.6. The maximum Gasteiger partial charge on any atom is 0.0500 e. The molecular formula is C14H22O3. The van der Waals surface area contributed by atoms with Gasteiger partial charge >= 0.3 is 0 Å². The Morgan fingerprint density at radius 1 is 0.882 bits per heavy atom. The van der Waals surface area contributed by atoms with E-state index in [1.54, 1.807) is 0 Å². The van der Waals surface area contributed by atoms with Crippen molar-refractivity contribution in [3.8, 4) is 0 Å². The molecule has 0 aromatic heterocycles. The van der Waals surface area contributed by atoms with Crippen molar-refractivity contribution >= 4 is 0 Å². The molecule has 8 atom stereocenters. The average Bonchev–Trinajstić information content (AvgIpc) is 2.96. The highest BCUT2D eigenvalue weighted by molar-refractivity contribution is 5.12. The fraction of sp³-hybridized carbons (Fsp3) is 1.00. The van der Waals surface area contributed by atoms with Gasteiger partial charge in [0.05, 0.1) is 6.61 Å². The van der Waals surface area contributed by atoms with Gasteiger partial charge in [-0.05, 0) is 60.2 Å². The van der Waals surface area contributed by atoms with E-state index in [1.165, 1.54) is 12.8 Å². The maximum atomic E-state index is 9.73. The van der Waals surface area contributed by atoms with Crippen molar-refractivity contribution in [2.45, 2.75) is 12.8 Å². The summed E-state index contributed by atoms with van der Waals surface area (Å²) in [5.41, 5.74) is 0. The van der Waals surface area contributed by atoms with Crippen molar-refractivity contribution in [2.24, 2.45) is 47.3 Å². The molecule has 0 spiro atoms. The predicted molar refractivity (Wildman–Crippen MR) is 62.1 cm³/mol. The fourth-order valence-electron chi connectivity index (χ4n) is 6.08. The summed E-state index contributed by atoms with van der Waals surface area (Å²) in [6.07, 6.45) is 2.51. The minimum Gasteiger partial charge on any atom is -0.396 e. The minimum absolute atomic E-state index is 0.293. The lowest BCUT2D eigenvalue weighted by Crippen LogP contribution is -2.35. The largest absolute Gasteiger partial charge is 0.396 e. The monoisotopic (exact) mass is 238 g/mol. The summed E-state index contributed by atoms with van der Waals surface area (Å²) in [5, 5.41) is 19.3. The van der Waals surface area contributed by atoms with Gasteiger partial charge in [0.2, 0.25) is 0 Å². The third-order valence-electron chi connectivity index (χ3n) is 6.36. The Labute approximate surface area is 102 Å². The van der Waals surface area contributed by atoms with Gasteiger partial charge in [0.1, 0.15) is 0 Å². The molecule has 3 saturated carbocycles. The van der Waals surface area contributed by atoms with Gasteiger partial charge in [0.25, 0.3) is 0 Å². The van der Waals surface area contributed by atoms with E-state index in [-0.39, 0.29) is 0 Å². The van der Waals surface area contributed by atoms with Crippen LogP contribution >= 0.6 is 0 Å². The Kier molecular flexibility index (Phi) is 2.34. The molecule has 3 nitrogen and oxygen atoms in total. The molecule has 0 bridgehead atoms. The van der Waals surface area contributed by atoms with Gasteiger partial charge in [-0.15, -0.1) is 0 Å². The maximum absolute atomic E-state index is 9.73. The van der Waals surface area contributed by atoms with Gasteiger partial charge in [-0.1, -0.05) is 0 Å². The number of aliphatic hydroxyl groups excluding tert-OH is 2. The van der Waals surface area contributed by atoms with Crippen LogP contribution in [0, 0.1) is 47.3 Å². The second-order valence-electron chi connectivity index (χ2n) is 6.71. The Balaban J connectivity index is 1.73. The predicted octanol–water partition coefficient (Wildman–Crippen LogP) is 0.752. The summed E-state index contributed by atoms with van der Waals surface area (Å²) in [4.78, 5) is 0. The molecule has 4 rings (SSSR count). The molecule has 17 heavy (non-hydrogen) atoms. The lowest BCUT2D eigenvalue weighted by atomic mass is 9.80. The van der Waals surface area contributed by atoms with Crippen LogP contribution in [-0.2, 0) is 4.74 Å². The zero-order valence-electron chi connectivity index (χ0n) is 10.2. The Hall–Kier alpha value is -0.120.